The van der Waals surface area contributed by atoms with Gasteiger partial charge in [-0.1, -0.05) is 18.2 Å². The molecule has 1 aliphatic carbocycles. The molecule has 6 heteroatoms. The van der Waals surface area contributed by atoms with Crippen LogP contribution in [0.5, 0.6) is 5.75 Å². The van der Waals surface area contributed by atoms with Crippen molar-refractivity contribution in [1.82, 2.24) is 10.3 Å². The van der Waals surface area contributed by atoms with Crippen LogP contribution in [0.3, 0.4) is 0 Å². The number of hydrogen-bond donors (Lipinski definition) is 3. The molecule has 1 amide bonds. The van der Waals surface area contributed by atoms with Gasteiger partial charge >= 0.3 is 0 Å². The van der Waals surface area contributed by atoms with E-state index in [1.807, 2.05) is 30.3 Å². The summed E-state index contributed by atoms with van der Waals surface area (Å²) >= 11 is 0. The molecule has 1 aromatic carbocycles. The first-order valence-electron chi connectivity index (χ1n) is 8.00. The van der Waals surface area contributed by atoms with E-state index in [9.17, 15) is 14.7 Å². The van der Waals surface area contributed by atoms with Gasteiger partial charge in [-0.25, -0.2) is 0 Å². The maximum Gasteiger partial charge on any atom is 0.252 e. The quantitative estimate of drug-likeness (QED) is 0.772. The fourth-order valence-corrected chi connectivity index (χ4v) is 2.93. The Labute approximate surface area is 139 Å². The van der Waals surface area contributed by atoms with Gasteiger partial charge in [0.25, 0.3) is 5.91 Å². The SMILES string of the molecule is O=C(NC[C@H]1CC[C@@H](Oc2ccccc2)[C@@H]1O)c1ccc(=O)[nH]c1. The number of nitrogens with one attached hydrogen (secondary N) is 2. The van der Waals surface area contributed by atoms with Gasteiger partial charge in [-0.15, -0.1) is 0 Å². The molecule has 1 saturated carbocycles. The summed E-state index contributed by atoms with van der Waals surface area (Å²) in [5, 5.41) is 13.2. The summed E-state index contributed by atoms with van der Waals surface area (Å²) in [6.45, 7) is 0.369. The van der Waals surface area contributed by atoms with Crippen LogP contribution < -0.4 is 15.6 Å². The van der Waals surface area contributed by atoms with Gasteiger partial charge in [0, 0.05) is 24.7 Å². The minimum absolute atomic E-state index is 0.0505. The normalized spacial score (nSPS) is 23.0. The molecule has 1 heterocycles. The molecular formula is C18H20N2O4. The maximum absolute atomic E-state index is 12.0. The van der Waals surface area contributed by atoms with E-state index >= 15 is 0 Å². The zero-order valence-corrected chi connectivity index (χ0v) is 13.1. The summed E-state index contributed by atoms with van der Waals surface area (Å²) < 4.78 is 5.82. The minimum Gasteiger partial charge on any atom is -0.488 e. The molecule has 6 nitrogen and oxygen atoms in total. The highest BCUT2D eigenvalue weighted by atomic mass is 16.5. The summed E-state index contributed by atoms with van der Waals surface area (Å²) in [4.78, 5) is 25.5. The molecule has 0 unspecified atom stereocenters. The van der Waals surface area contributed by atoms with Crippen molar-refractivity contribution in [3.63, 3.8) is 0 Å². The zero-order valence-electron chi connectivity index (χ0n) is 13.1. The van der Waals surface area contributed by atoms with Crippen molar-refractivity contribution in [3.05, 3.63) is 64.6 Å². The first-order chi connectivity index (χ1) is 11.6. The van der Waals surface area contributed by atoms with Gasteiger partial charge in [-0.2, -0.15) is 0 Å². The van der Waals surface area contributed by atoms with E-state index in [0.29, 0.717) is 12.1 Å². The van der Waals surface area contributed by atoms with Crippen LogP contribution in [0, 0.1) is 5.92 Å². The third-order valence-corrected chi connectivity index (χ3v) is 4.29. The number of H-pyrrole nitrogens is 1. The maximum atomic E-state index is 12.0. The Kier molecular flexibility index (Phi) is 4.96. The molecule has 126 valence electrons. The van der Waals surface area contributed by atoms with E-state index in [2.05, 4.69) is 10.3 Å². The average Bonchev–Trinajstić information content (AvgIpc) is 2.94. The van der Waals surface area contributed by atoms with Crippen molar-refractivity contribution in [3.8, 4) is 5.75 Å². The summed E-state index contributed by atoms with van der Waals surface area (Å²) in [5.74, 6) is 0.413. The highest BCUT2D eigenvalue weighted by molar-refractivity contribution is 5.93. The van der Waals surface area contributed by atoms with Crippen molar-refractivity contribution in [2.45, 2.75) is 25.0 Å². The summed E-state index contributed by atoms with van der Waals surface area (Å²) in [5.41, 5.74) is 0.137. The summed E-state index contributed by atoms with van der Waals surface area (Å²) in [7, 11) is 0. The number of aromatic amines is 1. The second-order valence-corrected chi connectivity index (χ2v) is 5.95. The number of carbonyl (C=O) groups is 1. The number of carbonyl (C=O) groups excluding carboxylic acids is 1. The molecule has 1 aromatic heterocycles. The van der Waals surface area contributed by atoms with Crippen molar-refractivity contribution in [2.75, 3.05) is 6.54 Å². The van der Waals surface area contributed by atoms with Crippen LogP contribution in [0.4, 0.5) is 0 Å². The van der Waals surface area contributed by atoms with Crippen molar-refractivity contribution >= 4 is 5.91 Å². The molecule has 0 radical (unpaired) electrons. The van der Waals surface area contributed by atoms with Crippen LogP contribution >= 0.6 is 0 Å². The number of aliphatic hydroxyl groups is 1. The Morgan fingerprint density at radius 3 is 2.71 bits per heavy atom. The zero-order chi connectivity index (χ0) is 16.9. The third kappa shape index (κ3) is 3.83. The Morgan fingerprint density at radius 2 is 2.00 bits per heavy atom. The van der Waals surface area contributed by atoms with E-state index in [0.717, 1.165) is 18.6 Å². The van der Waals surface area contributed by atoms with Gasteiger partial charge in [0.2, 0.25) is 5.56 Å². The largest absolute Gasteiger partial charge is 0.488 e. The lowest BCUT2D eigenvalue weighted by molar-refractivity contribution is 0.0348. The Bertz CT molecular complexity index is 724. The van der Waals surface area contributed by atoms with Gasteiger partial charge in [0.1, 0.15) is 11.9 Å². The van der Waals surface area contributed by atoms with E-state index in [4.69, 9.17) is 4.74 Å². The number of pyridine rings is 1. The van der Waals surface area contributed by atoms with E-state index in [-0.39, 0.29) is 23.5 Å². The second kappa shape index (κ2) is 7.31. The molecule has 0 spiro atoms. The molecular weight excluding hydrogens is 308 g/mol. The van der Waals surface area contributed by atoms with E-state index in [1.165, 1.54) is 18.3 Å². The third-order valence-electron chi connectivity index (χ3n) is 4.29. The van der Waals surface area contributed by atoms with E-state index < -0.39 is 6.10 Å². The number of ether oxygens (including phenoxy) is 1. The van der Waals surface area contributed by atoms with E-state index in [1.54, 1.807) is 0 Å². The molecule has 0 aliphatic heterocycles. The number of aromatic nitrogens is 1. The number of amides is 1. The Balaban J connectivity index is 1.52. The predicted octanol–water partition coefficient (Wildman–Crippen LogP) is 1.32. The van der Waals surface area contributed by atoms with Crippen LogP contribution in [0.1, 0.15) is 23.2 Å². The van der Waals surface area contributed by atoms with Crippen LogP contribution in [0.2, 0.25) is 0 Å². The van der Waals surface area contributed by atoms with Crippen LogP contribution in [-0.4, -0.2) is 34.8 Å². The van der Waals surface area contributed by atoms with Gasteiger partial charge in [-0.05, 0) is 31.0 Å². The smallest absolute Gasteiger partial charge is 0.252 e. The fraction of sp³-hybridized carbons (Fsp3) is 0.333. The monoisotopic (exact) mass is 328 g/mol. The predicted molar refractivity (Wildman–Crippen MR) is 89.0 cm³/mol. The fourth-order valence-electron chi connectivity index (χ4n) is 2.93. The second-order valence-electron chi connectivity index (χ2n) is 5.95. The number of hydrogen-bond acceptors (Lipinski definition) is 4. The molecule has 3 atom stereocenters. The number of rotatable bonds is 5. The van der Waals surface area contributed by atoms with Crippen molar-refractivity contribution < 1.29 is 14.6 Å². The summed E-state index contributed by atoms with van der Waals surface area (Å²) in [6.07, 6.45) is 2.02. The topological polar surface area (TPSA) is 91.4 Å². The molecule has 1 fully saturated rings. The first kappa shape index (κ1) is 16.3. The van der Waals surface area contributed by atoms with Crippen molar-refractivity contribution in [1.29, 1.82) is 0 Å². The highest BCUT2D eigenvalue weighted by Crippen LogP contribution is 2.29. The van der Waals surface area contributed by atoms with Gasteiger partial charge < -0.3 is 20.1 Å². The molecule has 0 saturated heterocycles. The Hall–Kier alpha value is -2.60. The van der Waals surface area contributed by atoms with Crippen LogP contribution in [-0.2, 0) is 0 Å². The minimum atomic E-state index is -0.624. The van der Waals surface area contributed by atoms with Gasteiger partial charge in [0.15, 0.2) is 0 Å². The number of benzene rings is 1. The first-order valence-corrected chi connectivity index (χ1v) is 8.00. The average molecular weight is 328 g/mol. The lowest BCUT2D eigenvalue weighted by atomic mass is 10.1. The number of aliphatic hydroxyl groups excluding tert-OH is 1. The van der Waals surface area contributed by atoms with Crippen LogP contribution in [0.25, 0.3) is 0 Å². The standard InChI is InChI=1S/C18H20N2O4/c21-16-9-7-13(11-19-16)18(23)20-10-12-6-8-15(17(12)22)24-14-4-2-1-3-5-14/h1-5,7,9,11-12,15,17,22H,6,8,10H2,(H,19,21)(H,20,23)/t12-,15-,17-/m1/s1. The highest BCUT2D eigenvalue weighted by Gasteiger charge is 2.36. The number of para-hydroxylation sites is 1. The van der Waals surface area contributed by atoms with Gasteiger partial charge in [-0.3, -0.25) is 9.59 Å². The van der Waals surface area contributed by atoms with Crippen molar-refractivity contribution in [2.24, 2.45) is 5.92 Å². The lowest BCUT2D eigenvalue weighted by Crippen LogP contribution is -2.37. The molecule has 0 bridgehead atoms. The molecule has 24 heavy (non-hydrogen) atoms. The van der Waals surface area contributed by atoms with Gasteiger partial charge in [0.05, 0.1) is 11.7 Å². The van der Waals surface area contributed by atoms with Crippen LogP contribution in [0.15, 0.2) is 53.5 Å². The molecule has 3 N–H and O–H groups in total. The Morgan fingerprint density at radius 1 is 1.21 bits per heavy atom. The summed E-state index contributed by atoms with van der Waals surface area (Å²) in [6, 6.07) is 12.2. The molecule has 3 rings (SSSR count). The molecule has 2 aromatic rings. The lowest BCUT2D eigenvalue weighted by Gasteiger charge is -2.21. The molecule has 1 aliphatic rings.